The number of hydrogen-bond donors (Lipinski definition) is 0. The van der Waals surface area contributed by atoms with E-state index in [1.807, 2.05) is 24.0 Å². The maximum Gasteiger partial charge on any atom is 0.391 e. The molecule has 1 aliphatic rings. The van der Waals surface area contributed by atoms with Crippen molar-refractivity contribution in [2.24, 2.45) is 5.92 Å². The van der Waals surface area contributed by atoms with E-state index in [2.05, 4.69) is 15.2 Å². The van der Waals surface area contributed by atoms with Gasteiger partial charge in [0.15, 0.2) is 11.5 Å². The fraction of sp³-hybridized carbons (Fsp3) is 0.409. The number of hydrogen-bond acceptors (Lipinski definition) is 6. The monoisotopic (exact) mass is 432 g/mol. The van der Waals surface area contributed by atoms with Gasteiger partial charge in [-0.15, -0.1) is 0 Å². The molecule has 0 amide bonds. The molecule has 9 heteroatoms. The number of pyridine rings is 1. The molecular weight excluding hydrogens is 409 g/mol. The van der Waals surface area contributed by atoms with E-state index in [1.165, 1.54) is 0 Å². The van der Waals surface area contributed by atoms with Crippen LogP contribution in [0.15, 0.2) is 30.6 Å². The predicted molar refractivity (Wildman–Crippen MR) is 112 cm³/mol. The van der Waals surface area contributed by atoms with E-state index in [-0.39, 0.29) is 12.8 Å². The summed E-state index contributed by atoms with van der Waals surface area (Å²) in [6.45, 7) is 2.60. The maximum absolute atomic E-state index is 13.0. The van der Waals surface area contributed by atoms with Crippen molar-refractivity contribution in [1.82, 2.24) is 15.2 Å². The van der Waals surface area contributed by atoms with Gasteiger partial charge in [-0.25, -0.2) is 4.98 Å². The van der Waals surface area contributed by atoms with E-state index in [4.69, 9.17) is 9.47 Å². The summed E-state index contributed by atoms with van der Waals surface area (Å²) in [5, 5.41) is 9.13. The highest BCUT2D eigenvalue weighted by Gasteiger charge is 2.41. The molecule has 0 spiro atoms. The van der Waals surface area contributed by atoms with Gasteiger partial charge in [0, 0.05) is 41.9 Å². The second-order valence-corrected chi connectivity index (χ2v) is 7.65. The van der Waals surface area contributed by atoms with Gasteiger partial charge in [0.2, 0.25) is 0 Å². The van der Waals surface area contributed by atoms with Crippen LogP contribution in [0.5, 0.6) is 11.5 Å². The summed E-state index contributed by atoms with van der Waals surface area (Å²) in [6, 6.07) is 5.60. The molecule has 164 valence electrons. The van der Waals surface area contributed by atoms with Crippen molar-refractivity contribution >= 4 is 16.7 Å². The number of ether oxygens (including phenoxy) is 2. The van der Waals surface area contributed by atoms with Crippen LogP contribution in [0.25, 0.3) is 22.0 Å². The van der Waals surface area contributed by atoms with Crippen LogP contribution in [-0.4, -0.2) is 48.7 Å². The van der Waals surface area contributed by atoms with Crippen molar-refractivity contribution in [3.8, 4) is 22.6 Å². The molecule has 0 aliphatic carbocycles. The van der Waals surface area contributed by atoms with Crippen LogP contribution in [0.1, 0.15) is 18.4 Å². The van der Waals surface area contributed by atoms with Crippen LogP contribution in [0.2, 0.25) is 0 Å². The topological polar surface area (TPSA) is 60.4 Å². The maximum atomic E-state index is 13.0. The van der Waals surface area contributed by atoms with Crippen LogP contribution < -0.4 is 14.4 Å². The zero-order valence-corrected chi connectivity index (χ0v) is 17.5. The standard InChI is InChI=1S/C22H23F3N4O2/c1-13-8-14(11-26-21(13)29-6-4-15(5-7-29)22(23,24)25)17-12-27-28-18-10-20(31-3)19(30-2)9-16(17)18/h8-12,15H,4-7H2,1-3H3. The number of fused-ring (bicyclic) bond motifs is 1. The fourth-order valence-electron chi connectivity index (χ4n) is 4.08. The molecule has 1 aromatic carbocycles. The number of piperidine rings is 1. The Hall–Kier alpha value is -3.10. The normalized spacial score (nSPS) is 15.4. The highest BCUT2D eigenvalue weighted by molar-refractivity contribution is 5.95. The predicted octanol–water partition coefficient (Wildman–Crippen LogP) is 4.80. The van der Waals surface area contributed by atoms with Crippen LogP contribution in [-0.2, 0) is 0 Å². The third-order valence-electron chi connectivity index (χ3n) is 5.76. The minimum absolute atomic E-state index is 0.0902. The molecule has 1 saturated heterocycles. The minimum Gasteiger partial charge on any atom is -0.493 e. The number of nitrogens with zero attached hydrogens (tertiary/aromatic N) is 4. The molecule has 1 fully saturated rings. The molecule has 0 atom stereocenters. The summed E-state index contributed by atoms with van der Waals surface area (Å²) in [7, 11) is 3.13. The Kier molecular flexibility index (Phi) is 5.60. The second kappa shape index (κ2) is 8.20. The Labute approximate surface area is 178 Å². The van der Waals surface area contributed by atoms with Gasteiger partial charge in [0.1, 0.15) is 5.82 Å². The molecule has 2 aromatic heterocycles. The highest BCUT2D eigenvalue weighted by atomic mass is 19.4. The van der Waals surface area contributed by atoms with Gasteiger partial charge in [-0.2, -0.15) is 23.4 Å². The number of methoxy groups -OCH3 is 2. The molecule has 0 unspecified atom stereocenters. The fourth-order valence-corrected chi connectivity index (χ4v) is 4.08. The van der Waals surface area contributed by atoms with Crippen molar-refractivity contribution < 1.29 is 22.6 Å². The summed E-state index contributed by atoms with van der Waals surface area (Å²) in [5.41, 5.74) is 3.24. The van der Waals surface area contributed by atoms with E-state index in [0.29, 0.717) is 30.1 Å². The first-order valence-electron chi connectivity index (χ1n) is 9.98. The number of anilines is 1. The SMILES string of the molecule is COc1cc2nncc(-c3cnc(N4CCC(C(F)(F)F)CC4)c(C)c3)c2cc1OC. The molecule has 4 rings (SSSR count). The van der Waals surface area contributed by atoms with Crippen LogP contribution >= 0.6 is 0 Å². The number of rotatable bonds is 4. The van der Waals surface area contributed by atoms with E-state index in [0.717, 1.165) is 27.9 Å². The third kappa shape index (κ3) is 4.08. The first-order chi connectivity index (χ1) is 14.8. The molecule has 1 aliphatic heterocycles. The van der Waals surface area contributed by atoms with Crippen LogP contribution in [0, 0.1) is 12.8 Å². The Morgan fingerprint density at radius 2 is 1.68 bits per heavy atom. The average Bonchev–Trinajstić information content (AvgIpc) is 2.77. The number of aryl methyl sites for hydroxylation is 1. The number of alkyl halides is 3. The Morgan fingerprint density at radius 1 is 1.00 bits per heavy atom. The molecule has 0 saturated carbocycles. The lowest BCUT2D eigenvalue weighted by molar-refractivity contribution is -0.179. The van der Waals surface area contributed by atoms with Gasteiger partial charge in [0.05, 0.1) is 31.9 Å². The molecule has 0 radical (unpaired) electrons. The summed E-state index contributed by atoms with van der Waals surface area (Å²) in [5.74, 6) is 0.631. The van der Waals surface area contributed by atoms with Crippen LogP contribution in [0.3, 0.4) is 0 Å². The van der Waals surface area contributed by atoms with Gasteiger partial charge in [-0.3, -0.25) is 0 Å². The molecule has 3 aromatic rings. The largest absolute Gasteiger partial charge is 0.493 e. The highest BCUT2D eigenvalue weighted by Crippen LogP contribution is 2.38. The zero-order chi connectivity index (χ0) is 22.2. The van der Waals surface area contributed by atoms with Gasteiger partial charge in [-0.1, -0.05) is 0 Å². The van der Waals surface area contributed by atoms with E-state index in [1.54, 1.807) is 32.7 Å². The van der Waals surface area contributed by atoms with Crippen molar-refractivity contribution in [2.75, 3.05) is 32.2 Å². The first-order valence-corrected chi connectivity index (χ1v) is 9.98. The molecule has 0 bridgehead atoms. The summed E-state index contributed by atoms with van der Waals surface area (Å²) < 4.78 is 49.6. The van der Waals surface area contributed by atoms with E-state index < -0.39 is 12.1 Å². The molecular formula is C22H23F3N4O2. The van der Waals surface area contributed by atoms with E-state index >= 15 is 0 Å². The average molecular weight is 432 g/mol. The molecule has 0 N–H and O–H groups in total. The summed E-state index contributed by atoms with van der Waals surface area (Å²) in [6.07, 6.45) is -0.554. The Morgan fingerprint density at radius 3 is 2.29 bits per heavy atom. The molecule has 6 nitrogen and oxygen atoms in total. The van der Waals surface area contributed by atoms with Crippen molar-refractivity contribution in [3.63, 3.8) is 0 Å². The zero-order valence-electron chi connectivity index (χ0n) is 17.5. The third-order valence-corrected chi connectivity index (χ3v) is 5.76. The second-order valence-electron chi connectivity index (χ2n) is 7.65. The number of benzene rings is 1. The Bertz CT molecular complexity index is 1100. The quantitative estimate of drug-likeness (QED) is 0.591. The van der Waals surface area contributed by atoms with Gasteiger partial charge < -0.3 is 14.4 Å². The lowest BCUT2D eigenvalue weighted by Gasteiger charge is -2.34. The van der Waals surface area contributed by atoms with Gasteiger partial charge in [-0.05, 0) is 37.5 Å². The minimum atomic E-state index is -4.13. The van der Waals surface area contributed by atoms with Crippen molar-refractivity contribution in [1.29, 1.82) is 0 Å². The lowest BCUT2D eigenvalue weighted by atomic mass is 9.96. The first kappa shape index (κ1) is 21.1. The molecule has 31 heavy (non-hydrogen) atoms. The lowest BCUT2D eigenvalue weighted by Crippen LogP contribution is -2.39. The van der Waals surface area contributed by atoms with Crippen LogP contribution in [0.4, 0.5) is 19.0 Å². The van der Waals surface area contributed by atoms with E-state index in [9.17, 15) is 13.2 Å². The Balaban J connectivity index is 1.65. The number of halogens is 3. The number of aromatic nitrogens is 3. The summed E-state index contributed by atoms with van der Waals surface area (Å²) >= 11 is 0. The van der Waals surface area contributed by atoms with Gasteiger partial charge in [0.25, 0.3) is 0 Å². The van der Waals surface area contributed by atoms with Gasteiger partial charge >= 0.3 is 6.18 Å². The summed E-state index contributed by atoms with van der Waals surface area (Å²) in [4.78, 5) is 6.52. The smallest absolute Gasteiger partial charge is 0.391 e. The van der Waals surface area contributed by atoms with Crippen molar-refractivity contribution in [3.05, 3.63) is 36.2 Å². The van der Waals surface area contributed by atoms with Crippen molar-refractivity contribution in [2.45, 2.75) is 25.9 Å². The molecule has 3 heterocycles.